The lowest BCUT2D eigenvalue weighted by Gasteiger charge is -2.39. The molecule has 3 rings (SSSR count). The fraction of sp³-hybridized carbons (Fsp3) is 0.500. The number of hydrogen-bond acceptors (Lipinski definition) is 4. The molecule has 1 aromatic carbocycles. The maximum Gasteiger partial charge on any atom is 0.226 e. The lowest BCUT2D eigenvalue weighted by molar-refractivity contribution is 0.270. The maximum absolute atomic E-state index is 5.65. The van der Waals surface area contributed by atoms with Crippen molar-refractivity contribution in [1.82, 2.24) is 10.1 Å². The van der Waals surface area contributed by atoms with Gasteiger partial charge in [0.05, 0.1) is 5.41 Å². The van der Waals surface area contributed by atoms with Crippen LogP contribution in [0.1, 0.15) is 43.5 Å². The molecule has 0 bridgehead atoms. The molecular weight excluding hydrogens is 250 g/mol. The monoisotopic (exact) mass is 271 g/mol. The van der Waals surface area contributed by atoms with Crippen LogP contribution >= 0.6 is 0 Å². The molecule has 1 aliphatic carbocycles. The zero-order valence-electron chi connectivity index (χ0n) is 11.9. The molecule has 1 heterocycles. The zero-order valence-corrected chi connectivity index (χ0v) is 11.9. The largest absolute Gasteiger partial charge is 0.339 e. The lowest BCUT2D eigenvalue weighted by atomic mass is 9.64. The molecule has 0 saturated heterocycles. The van der Waals surface area contributed by atoms with Crippen LogP contribution in [0.15, 0.2) is 34.9 Å². The third-order valence-corrected chi connectivity index (χ3v) is 4.36. The molecule has 2 aromatic rings. The highest BCUT2D eigenvalue weighted by Gasteiger charge is 2.44. The van der Waals surface area contributed by atoms with Gasteiger partial charge in [-0.25, -0.2) is 0 Å². The molecule has 2 N–H and O–H groups in total. The number of rotatable bonds is 5. The summed E-state index contributed by atoms with van der Waals surface area (Å²) in [6, 6.07) is 10.5. The normalized spacial score (nSPS) is 18.5. The molecule has 20 heavy (non-hydrogen) atoms. The van der Waals surface area contributed by atoms with E-state index >= 15 is 0 Å². The highest BCUT2D eigenvalue weighted by Crippen LogP contribution is 2.47. The van der Waals surface area contributed by atoms with E-state index in [-0.39, 0.29) is 5.41 Å². The summed E-state index contributed by atoms with van der Waals surface area (Å²) in [4.78, 5) is 4.64. The van der Waals surface area contributed by atoms with Gasteiger partial charge in [-0.3, -0.25) is 0 Å². The number of nitrogens with two attached hydrogens (primary N) is 1. The van der Waals surface area contributed by atoms with Gasteiger partial charge in [0.25, 0.3) is 0 Å². The Kier molecular flexibility index (Phi) is 3.57. The van der Waals surface area contributed by atoms with E-state index in [9.17, 15) is 0 Å². The fourth-order valence-electron chi connectivity index (χ4n) is 2.84. The van der Waals surface area contributed by atoms with Crippen LogP contribution in [0, 0.1) is 5.92 Å². The average Bonchev–Trinajstić information content (AvgIpc) is 2.87. The summed E-state index contributed by atoms with van der Waals surface area (Å²) in [5, 5.41) is 4.25. The van der Waals surface area contributed by atoms with Gasteiger partial charge in [-0.05, 0) is 30.9 Å². The molecule has 1 aromatic heterocycles. The molecule has 1 fully saturated rings. The van der Waals surface area contributed by atoms with Crippen LogP contribution in [0.3, 0.4) is 0 Å². The van der Waals surface area contributed by atoms with Crippen molar-refractivity contribution in [2.24, 2.45) is 11.7 Å². The highest BCUT2D eigenvalue weighted by atomic mass is 16.5. The fourth-order valence-corrected chi connectivity index (χ4v) is 2.84. The lowest BCUT2D eigenvalue weighted by Crippen LogP contribution is -2.36. The van der Waals surface area contributed by atoms with Crippen LogP contribution in [0.5, 0.6) is 0 Å². The topological polar surface area (TPSA) is 64.9 Å². The summed E-state index contributed by atoms with van der Waals surface area (Å²) >= 11 is 0. The molecule has 0 aliphatic heterocycles. The third-order valence-electron chi connectivity index (χ3n) is 4.36. The van der Waals surface area contributed by atoms with Crippen LogP contribution in [-0.2, 0) is 11.8 Å². The predicted octanol–water partition coefficient (Wildman–Crippen LogP) is 2.68. The van der Waals surface area contributed by atoms with Crippen molar-refractivity contribution in [3.05, 3.63) is 47.6 Å². The SMILES string of the molecule is CC(CN)Cc1nc(C2(c3ccccc3)CCC2)no1. The molecule has 1 aliphatic rings. The maximum atomic E-state index is 5.65. The Morgan fingerprint density at radius 1 is 1.30 bits per heavy atom. The van der Waals surface area contributed by atoms with Crippen molar-refractivity contribution < 1.29 is 4.52 Å². The molecule has 4 nitrogen and oxygen atoms in total. The van der Waals surface area contributed by atoms with Gasteiger partial charge in [0, 0.05) is 6.42 Å². The third kappa shape index (κ3) is 2.24. The van der Waals surface area contributed by atoms with E-state index in [0.29, 0.717) is 18.4 Å². The zero-order chi connectivity index (χ0) is 14.0. The van der Waals surface area contributed by atoms with Crippen molar-refractivity contribution in [1.29, 1.82) is 0 Å². The van der Waals surface area contributed by atoms with Crippen molar-refractivity contribution in [3.8, 4) is 0 Å². The molecule has 106 valence electrons. The summed E-state index contributed by atoms with van der Waals surface area (Å²) in [6.45, 7) is 2.74. The van der Waals surface area contributed by atoms with Gasteiger partial charge in [0.1, 0.15) is 0 Å². The Balaban J connectivity index is 1.87. The summed E-state index contributed by atoms with van der Waals surface area (Å²) in [6.07, 6.45) is 4.18. The Bertz CT molecular complexity index is 560. The van der Waals surface area contributed by atoms with E-state index in [1.165, 1.54) is 12.0 Å². The van der Waals surface area contributed by atoms with Crippen LogP contribution in [-0.4, -0.2) is 16.7 Å². The molecular formula is C16H21N3O. The van der Waals surface area contributed by atoms with E-state index in [4.69, 9.17) is 10.3 Å². The first-order chi connectivity index (χ1) is 9.74. The van der Waals surface area contributed by atoms with Gasteiger partial charge >= 0.3 is 0 Å². The van der Waals surface area contributed by atoms with Gasteiger partial charge in [-0.15, -0.1) is 0 Å². The molecule has 0 spiro atoms. The van der Waals surface area contributed by atoms with Crippen LogP contribution in [0.25, 0.3) is 0 Å². The van der Waals surface area contributed by atoms with Gasteiger partial charge in [0.2, 0.25) is 5.89 Å². The van der Waals surface area contributed by atoms with Crippen LogP contribution in [0.4, 0.5) is 0 Å². The molecule has 0 amide bonds. The molecule has 1 saturated carbocycles. The van der Waals surface area contributed by atoms with Gasteiger partial charge in [-0.2, -0.15) is 4.98 Å². The Morgan fingerprint density at radius 2 is 2.05 bits per heavy atom. The summed E-state index contributed by atoms with van der Waals surface area (Å²) in [5.41, 5.74) is 6.91. The van der Waals surface area contributed by atoms with E-state index in [0.717, 1.165) is 25.1 Å². The Labute approximate surface area is 119 Å². The minimum atomic E-state index is -0.0328. The summed E-state index contributed by atoms with van der Waals surface area (Å²) < 4.78 is 5.42. The Morgan fingerprint density at radius 3 is 2.65 bits per heavy atom. The second-order valence-electron chi connectivity index (χ2n) is 5.86. The first-order valence-electron chi connectivity index (χ1n) is 7.33. The minimum Gasteiger partial charge on any atom is -0.339 e. The van der Waals surface area contributed by atoms with Gasteiger partial charge in [0.15, 0.2) is 5.82 Å². The van der Waals surface area contributed by atoms with Gasteiger partial charge in [-0.1, -0.05) is 48.8 Å². The predicted molar refractivity (Wildman–Crippen MR) is 77.3 cm³/mol. The van der Waals surface area contributed by atoms with Crippen molar-refractivity contribution in [2.45, 2.75) is 38.0 Å². The first kappa shape index (κ1) is 13.3. The number of hydrogen-bond donors (Lipinski definition) is 1. The molecule has 1 atom stereocenters. The smallest absolute Gasteiger partial charge is 0.226 e. The standard InChI is InChI=1S/C16H21N3O/c1-12(11-17)10-14-18-15(19-20-14)16(8-5-9-16)13-6-3-2-4-7-13/h2-4,6-7,12H,5,8-11,17H2,1H3. The Hall–Kier alpha value is -1.68. The van der Waals surface area contributed by atoms with Crippen LogP contribution in [0.2, 0.25) is 0 Å². The van der Waals surface area contributed by atoms with Crippen molar-refractivity contribution >= 4 is 0 Å². The number of benzene rings is 1. The van der Waals surface area contributed by atoms with E-state index in [1.54, 1.807) is 0 Å². The first-order valence-corrected chi connectivity index (χ1v) is 7.33. The summed E-state index contributed by atoms with van der Waals surface area (Å²) in [7, 11) is 0. The van der Waals surface area contributed by atoms with Crippen molar-refractivity contribution in [3.63, 3.8) is 0 Å². The molecule has 0 radical (unpaired) electrons. The highest BCUT2D eigenvalue weighted by molar-refractivity contribution is 5.35. The summed E-state index contributed by atoms with van der Waals surface area (Å²) in [5.74, 6) is 1.92. The van der Waals surface area contributed by atoms with Crippen molar-refractivity contribution in [2.75, 3.05) is 6.54 Å². The quantitative estimate of drug-likeness (QED) is 0.908. The van der Waals surface area contributed by atoms with E-state index in [1.807, 2.05) is 6.07 Å². The average molecular weight is 271 g/mol. The second kappa shape index (κ2) is 5.37. The number of nitrogens with zero attached hydrogens (tertiary/aromatic N) is 2. The van der Waals surface area contributed by atoms with Crippen LogP contribution < -0.4 is 5.73 Å². The van der Waals surface area contributed by atoms with E-state index in [2.05, 4.69) is 41.3 Å². The second-order valence-corrected chi connectivity index (χ2v) is 5.86. The van der Waals surface area contributed by atoms with Gasteiger partial charge < -0.3 is 10.3 Å². The minimum absolute atomic E-state index is 0.0328. The van der Waals surface area contributed by atoms with E-state index < -0.39 is 0 Å². The molecule has 1 unspecified atom stereocenters. The number of aromatic nitrogens is 2. The molecule has 4 heteroatoms.